The third-order valence-electron chi connectivity index (χ3n) is 5.09. The van der Waals surface area contributed by atoms with Gasteiger partial charge >= 0.3 is 0 Å². The van der Waals surface area contributed by atoms with E-state index in [9.17, 15) is 0 Å². The van der Waals surface area contributed by atoms with E-state index in [-0.39, 0.29) is 0 Å². The van der Waals surface area contributed by atoms with Gasteiger partial charge < -0.3 is 10.1 Å². The van der Waals surface area contributed by atoms with E-state index < -0.39 is 0 Å². The molecule has 1 N–H and O–H groups in total. The van der Waals surface area contributed by atoms with E-state index in [1.807, 2.05) is 0 Å². The van der Waals surface area contributed by atoms with Crippen LogP contribution in [-0.4, -0.2) is 25.8 Å². The minimum absolute atomic E-state index is 0.446. The van der Waals surface area contributed by atoms with Crippen LogP contribution < -0.4 is 5.32 Å². The van der Waals surface area contributed by atoms with Crippen LogP contribution in [0.5, 0.6) is 0 Å². The van der Waals surface area contributed by atoms with Crippen molar-refractivity contribution >= 4 is 0 Å². The molecule has 2 rings (SSSR count). The van der Waals surface area contributed by atoms with E-state index in [1.54, 1.807) is 0 Å². The maximum absolute atomic E-state index is 5.81. The maximum atomic E-state index is 5.81. The fourth-order valence-corrected chi connectivity index (χ4v) is 3.41. The molecule has 0 aromatic carbocycles. The van der Waals surface area contributed by atoms with E-state index in [0.29, 0.717) is 5.41 Å². The number of hydrogen-bond donors (Lipinski definition) is 1. The molecule has 0 saturated heterocycles. The first-order chi connectivity index (χ1) is 9.28. The summed E-state index contributed by atoms with van der Waals surface area (Å²) in [7, 11) is 0. The van der Waals surface area contributed by atoms with E-state index >= 15 is 0 Å². The zero-order valence-corrected chi connectivity index (χ0v) is 13.0. The summed E-state index contributed by atoms with van der Waals surface area (Å²) in [6.07, 6.45) is 12.6. The molecular formula is C17H33NO. The summed E-state index contributed by atoms with van der Waals surface area (Å²) in [6.45, 7) is 7.46. The molecule has 2 nitrogen and oxygen atoms in total. The molecule has 0 radical (unpaired) electrons. The molecule has 0 aliphatic heterocycles. The van der Waals surface area contributed by atoms with Crippen molar-refractivity contribution in [3.63, 3.8) is 0 Å². The van der Waals surface area contributed by atoms with Crippen molar-refractivity contribution in [2.24, 2.45) is 11.3 Å². The van der Waals surface area contributed by atoms with Crippen molar-refractivity contribution in [2.45, 2.75) is 77.7 Å². The normalized spacial score (nSPS) is 31.6. The highest BCUT2D eigenvalue weighted by Gasteiger charge is 2.36. The third-order valence-corrected chi connectivity index (χ3v) is 5.09. The average molecular weight is 267 g/mol. The van der Waals surface area contributed by atoms with Crippen LogP contribution in [-0.2, 0) is 4.74 Å². The monoisotopic (exact) mass is 267 g/mol. The molecule has 0 aromatic heterocycles. The Morgan fingerprint density at radius 2 is 1.84 bits per heavy atom. The van der Waals surface area contributed by atoms with Crippen LogP contribution in [0.1, 0.15) is 71.6 Å². The lowest BCUT2D eigenvalue weighted by Crippen LogP contribution is -2.42. The summed E-state index contributed by atoms with van der Waals surface area (Å²) in [4.78, 5) is 0. The number of hydrogen-bond acceptors (Lipinski definition) is 2. The molecular weight excluding hydrogens is 234 g/mol. The second-order valence-electron chi connectivity index (χ2n) is 6.88. The predicted octanol–water partition coefficient (Wildman–Crippen LogP) is 4.14. The van der Waals surface area contributed by atoms with E-state index in [4.69, 9.17) is 4.74 Å². The number of nitrogens with one attached hydrogen (secondary N) is 1. The SMILES string of the molecule is CCCCC1CCC(CNC2CC2)(COCC)CC1. The van der Waals surface area contributed by atoms with Gasteiger partial charge in [-0.25, -0.2) is 0 Å². The zero-order valence-electron chi connectivity index (χ0n) is 13.0. The first-order valence-corrected chi connectivity index (χ1v) is 8.59. The van der Waals surface area contributed by atoms with Gasteiger partial charge in [0.05, 0.1) is 6.61 Å². The second-order valence-corrected chi connectivity index (χ2v) is 6.88. The Hall–Kier alpha value is -0.0800. The summed E-state index contributed by atoms with van der Waals surface area (Å²) < 4.78 is 5.81. The van der Waals surface area contributed by atoms with Crippen molar-refractivity contribution < 1.29 is 4.74 Å². The average Bonchev–Trinajstić information content (AvgIpc) is 3.27. The third kappa shape index (κ3) is 5.07. The molecule has 0 unspecified atom stereocenters. The summed E-state index contributed by atoms with van der Waals surface area (Å²) in [6, 6.07) is 0.830. The van der Waals surface area contributed by atoms with Crippen LogP contribution >= 0.6 is 0 Å². The van der Waals surface area contributed by atoms with Crippen LogP contribution in [0.3, 0.4) is 0 Å². The van der Waals surface area contributed by atoms with E-state index in [1.165, 1.54) is 64.3 Å². The van der Waals surface area contributed by atoms with Gasteiger partial charge in [0.25, 0.3) is 0 Å². The zero-order chi connectivity index (χ0) is 13.6. The molecule has 0 heterocycles. The van der Waals surface area contributed by atoms with Crippen molar-refractivity contribution in [2.75, 3.05) is 19.8 Å². The quantitative estimate of drug-likeness (QED) is 0.678. The Kier molecular flexibility index (Phi) is 6.15. The lowest BCUT2D eigenvalue weighted by molar-refractivity contribution is 0.0143. The van der Waals surface area contributed by atoms with Gasteiger partial charge in [-0.1, -0.05) is 26.2 Å². The molecule has 2 aliphatic carbocycles. The van der Waals surface area contributed by atoms with Crippen LogP contribution in [0, 0.1) is 11.3 Å². The summed E-state index contributed by atoms with van der Waals surface area (Å²) in [5.74, 6) is 0.996. The minimum Gasteiger partial charge on any atom is -0.381 e. The summed E-state index contributed by atoms with van der Waals surface area (Å²) in [5.41, 5.74) is 0.446. The van der Waals surface area contributed by atoms with Gasteiger partial charge in [0.2, 0.25) is 0 Å². The van der Waals surface area contributed by atoms with Crippen molar-refractivity contribution in [3.8, 4) is 0 Å². The molecule has 2 heteroatoms. The highest BCUT2D eigenvalue weighted by Crippen LogP contribution is 2.41. The molecule has 0 bridgehead atoms. The Labute approximate surface area is 119 Å². The van der Waals surface area contributed by atoms with Crippen LogP contribution in [0.4, 0.5) is 0 Å². The lowest BCUT2D eigenvalue weighted by Gasteiger charge is -2.40. The molecule has 0 spiro atoms. The van der Waals surface area contributed by atoms with Crippen molar-refractivity contribution in [1.29, 1.82) is 0 Å². The predicted molar refractivity (Wildman–Crippen MR) is 81.4 cm³/mol. The number of unbranched alkanes of at least 4 members (excludes halogenated alkanes) is 1. The lowest BCUT2D eigenvalue weighted by atomic mass is 9.69. The Bertz CT molecular complexity index is 242. The Morgan fingerprint density at radius 1 is 1.11 bits per heavy atom. The number of rotatable bonds is 9. The summed E-state index contributed by atoms with van der Waals surface area (Å²) >= 11 is 0. The van der Waals surface area contributed by atoms with E-state index in [2.05, 4.69) is 19.2 Å². The van der Waals surface area contributed by atoms with Crippen molar-refractivity contribution in [1.82, 2.24) is 5.32 Å². The maximum Gasteiger partial charge on any atom is 0.0534 e. The highest BCUT2D eigenvalue weighted by molar-refractivity contribution is 4.91. The first-order valence-electron chi connectivity index (χ1n) is 8.59. The van der Waals surface area contributed by atoms with Crippen LogP contribution in [0.25, 0.3) is 0 Å². The smallest absolute Gasteiger partial charge is 0.0534 e. The fraction of sp³-hybridized carbons (Fsp3) is 1.00. The molecule has 2 aliphatic rings. The Balaban J connectivity index is 1.77. The highest BCUT2D eigenvalue weighted by atomic mass is 16.5. The second kappa shape index (κ2) is 7.64. The molecule has 2 fully saturated rings. The number of ether oxygens (including phenoxy) is 1. The molecule has 112 valence electrons. The Morgan fingerprint density at radius 3 is 2.42 bits per heavy atom. The molecule has 2 saturated carbocycles. The first kappa shape index (κ1) is 15.3. The molecule has 0 aromatic rings. The minimum atomic E-state index is 0.446. The topological polar surface area (TPSA) is 21.3 Å². The molecule has 0 amide bonds. The van der Waals surface area contributed by atoms with Crippen LogP contribution in [0.15, 0.2) is 0 Å². The van der Waals surface area contributed by atoms with Gasteiger partial charge in [0.1, 0.15) is 0 Å². The van der Waals surface area contributed by atoms with Crippen molar-refractivity contribution in [3.05, 3.63) is 0 Å². The van der Waals surface area contributed by atoms with Gasteiger partial charge in [-0.15, -0.1) is 0 Å². The van der Waals surface area contributed by atoms with Gasteiger partial charge in [-0.3, -0.25) is 0 Å². The molecule has 19 heavy (non-hydrogen) atoms. The van der Waals surface area contributed by atoms with E-state index in [0.717, 1.165) is 25.2 Å². The van der Waals surface area contributed by atoms with Gasteiger partial charge in [0.15, 0.2) is 0 Å². The van der Waals surface area contributed by atoms with Gasteiger partial charge in [0, 0.05) is 24.6 Å². The molecule has 0 atom stereocenters. The summed E-state index contributed by atoms with van der Waals surface area (Å²) in [5, 5.41) is 3.75. The van der Waals surface area contributed by atoms with Gasteiger partial charge in [-0.05, 0) is 51.4 Å². The van der Waals surface area contributed by atoms with Gasteiger partial charge in [-0.2, -0.15) is 0 Å². The largest absolute Gasteiger partial charge is 0.381 e. The fourth-order valence-electron chi connectivity index (χ4n) is 3.41. The van der Waals surface area contributed by atoms with Crippen LogP contribution in [0.2, 0.25) is 0 Å². The standard InChI is InChI=1S/C17H33NO/c1-3-5-6-15-9-11-17(12-10-15,14-19-4-2)13-18-16-7-8-16/h15-16,18H,3-14H2,1-2H3.